The minimum Gasteiger partial charge on any atom is -0.495 e. The van der Waals surface area contributed by atoms with E-state index >= 15 is 0 Å². The van der Waals surface area contributed by atoms with Gasteiger partial charge in [-0.3, -0.25) is 9.52 Å². The summed E-state index contributed by atoms with van der Waals surface area (Å²) in [5.74, 6) is -0.869. The summed E-state index contributed by atoms with van der Waals surface area (Å²) in [4.78, 5) is 24.1. The molecule has 0 aliphatic heterocycles. The number of esters is 1. The fourth-order valence-corrected chi connectivity index (χ4v) is 3.52. The first kappa shape index (κ1) is 21.2. The summed E-state index contributed by atoms with van der Waals surface area (Å²) in [5, 5.41) is 2.52. The minimum absolute atomic E-state index is 0.0832. The Labute approximate surface area is 163 Å². The lowest BCUT2D eigenvalue weighted by atomic mass is 10.1. The van der Waals surface area contributed by atoms with E-state index < -0.39 is 27.4 Å². The van der Waals surface area contributed by atoms with Crippen LogP contribution in [-0.2, 0) is 19.6 Å². The second kappa shape index (κ2) is 8.30. The number of anilines is 1. The van der Waals surface area contributed by atoms with E-state index in [0.29, 0.717) is 5.75 Å². The lowest BCUT2D eigenvalue weighted by Crippen LogP contribution is -2.50. The SMILES string of the molecule is COC(=O)C(C)(C)NC(=O)c1cccc(S(=O)(=O)Nc2ccccc2OC)c1. The highest BCUT2D eigenvalue weighted by Gasteiger charge is 2.31. The highest BCUT2D eigenvalue weighted by molar-refractivity contribution is 7.92. The van der Waals surface area contributed by atoms with Gasteiger partial charge in [0.1, 0.15) is 11.3 Å². The first-order valence-electron chi connectivity index (χ1n) is 8.27. The third kappa shape index (κ3) is 4.80. The van der Waals surface area contributed by atoms with Crippen LogP contribution in [0, 0.1) is 0 Å². The first-order chi connectivity index (χ1) is 13.1. The van der Waals surface area contributed by atoms with Crippen LogP contribution in [0.1, 0.15) is 24.2 Å². The van der Waals surface area contributed by atoms with Crippen molar-refractivity contribution < 1.29 is 27.5 Å². The predicted molar refractivity (Wildman–Crippen MR) is 104 cm³/mol. The summed E-state index contributed by atoms with van der Waals surface area (Å²) in [6.45, 7) is 2.97. The molecule has 0 bridgehead atoms. The Bertz CT molecular complexity index is 985. The smallest absolute Gasteiger partial charge is 0.330 e. The van der Waals surface area contributed by atoms with Crippen molar-refractivity contribution in [3.63, 3.8) is 0 Å². The van der Waals surface area contributed by atoms with E-state index in [-0.39, 0.29) is 16.1 Å². The third-order valence-corrected chi connectivity index (χ3v) is 5.24. The van der Waals surface area contributed by atoms with Gasteiger partial charge in [-0.2, -0.15) is 0 Å². The van der Waals surface area contributed by atoms with Crippen molar-refractivity contribution in [2.75, 3.05) is 18.9 Å². The molecule has 0 aliphatic carbocycles. The van der Waals surface area contributed by atoms with Gasteiger partial charge in [0.15, 0.2) is 0 Å². The summed E-state index contributed by atoms with van der Waals surface area (Å²) in [7, 11) is -1.32. The molecule has 2 aromatic rings. The molecule has 0 saturated heterocycles. The van der Waals surface area contributed by atoms with Crippen LogP contribution in [0.2, 0.25) is 0 Å². The first-order valence-corrected chi connectivity index (χ1v) is 9.76. The van der Waals surface area contributed by atoms with Crippen LogP contribution in [0.15, 0.2) is 53.4 Å². The monoisotopic (exact) mass is 406 g/mol. The summed E-state index contributed by atoms with van der Waals surface area (Å²) < 4.78 is 37.6. The maximum absolute atomic E-state index is 12.7. The summed E-state index contributed by atoms with van der Waals surface area (Å²) >= 11 is 0. The van der Waals surface area contributed by atoms with E-state index in [1.54, 1.807) is 24.3 Å². The maximum atomic E-state index is 12.7. The zero-order chi connectivity index (χ0) is 20.9. The summed E-state index contributed by atoms with van der Waals surface area (Å²) in [6.07, 6.45) is 0. The van der Waals surface area contributed by atoms with Crippen LogP contribution >= 0.6 is 0 Å². The van der Waals surface area contributed by atoms with Crippen molar-refractivity contribution >= 4 is 27.6 Å². The quantitative estimate of drug-likeness (QED) is 0.682. The normalized spacial score (nSPS) is 11.4. The molecule has 1 amide bonds. The maximum Gasteiger partial charge on any atom is 0.330 e. The molecule has 0 radical (unpaired) electrons. The van der Waals surface area contributed by atoms with Gasteiger partial charge in [-0.1, -0.05) is 18.2 Å². The average Bonchev–Trinajstić information content (AvgIpc) is 2.67. The molecule has 0 spiro atoms. The van der Waals surface area contributed by atoms with Crippen LogP contribution in [0.3, 0.4) is 0 Å². The Morgan fingerprint density at radius 3 is 2.32 bits per heavy atom. The molecule has 0 heterocycles. The molecule has 0 unspecified atom stereocenters. The van der Waals surface area contributed by atoms with E-state index in [1.165, 1.54) is 52.3 Å². The second-order valence-electron chi connectivity index (χ2n) is 6.40. The van der Waals surface area contributed by atoms with E-state index in [0.717, 1.165) is 0 Å². The molecule has 0 aliphatic rings. The topological polar surface area (TPSA) is 111 Å². The van der Waals surface area contributed by atoms with E-state index in [2.05, 4.69) is 14.8 Å². The van der Waals surface area contributed by atoms with Gasteiger partial charge in [0.2, 0.25) is 0 Å². The number of ether oxygens (including phenoxy) is 2. The van der Waals surface area contributed by atoms with E-state index in [9.17, 15) is 18.0 Å². The number of nitrogens with one attached hydrogen (secondary N) is 2. The number of sulfonamides is 1. The van der Waals surface area contributed by atoms with Gasteiger partial charge in [0, 0.05) is 5.56 Å². The number of carbonyl (C=O) groups is 2. The number of rotatable bonds is 7. The van der Waals surface area contributed by atoms with Crippen LogP contribution in [-0.4, -0.2) is 40.1 Å². The van der Waals surface area contributed by atoms with Gasteiger partial charge >= 0.3 is 5.97 Å². The lowest BCUT2D eigenvalue weighted by molar-refractivity contribution is -0.146. The Morgan fingerprint density at radius 2 is 1.68 bits per heavy atom. The number of methoxy groups -OCH3 is 2. The highest BCUT2D eigenvalue weighted by atomic mass is 32.2. The van der Waals surface area contributed by atoms with Crippen molar-refractivity contribution in [2.24, 2.45) is 0 Å². The highest BCUT2D eigenvalue weighted by Crippen LogP contribution is 2.26. The Kier molecular flexibility index (Phi) is 6.30. The molecule has 2 N–H and O–H groups in total. The zero-order valence-electron chi connectivity index (χ0n) is 16.0. The number of hydrogen-bond acceptors (Lipinski definition) is 6. The molecule has 0 saturated carbocycles. The van der Waals surface area contributed by atoms with Gasteiger partial charge in [0.05, 0.1) is 24.8 Å². The number of carbonyl (C=O) groups excluding carboxylic acids is 2. The molecular weight excluding hydrogens is 384 g/mol. The van der Waals surface area contributed by atoms with Gasteiger partial charge in [-0.25, -0.2) is 13.2 Å². The number of benzene rings is 2. The third-order valence-electron chi connectivity index (χ3n) is 3.88. The van der Waals surface area contributed by atoms with Gasteiger partial charge in [-0.15, -0.1) is 0 Å². The van der Waals surface area contributed by atoms with Crippen molar-refractivity contribution in [1.29, 1.82) is 0 Å². The molecule has 2 rings (SSSR count). The molecule has 8 nitrogen and oxygen atoms in total. The average molecular weight is 406 g/mol. The zero-order valence-corrected chi connectivity index (χ0v) is 16.8. The molecule has 2 aromatic carbocycles. The predicted octanol–water partition coefficient (Wildman–Crippen LogP) is 2.18. The van der Waals surface area contributed by atoms with Crippen molar-refractivity contribution in [3.05, 3.63) is 54.1 Å². The molecule has 0 atom stereocenters. The van der Waals surface area contributed by atoms with Gasteiger partial charge < -0.3 is 14.8 Å². The molecular formula is C19H22N2O6S. The minimum atomic E-state index is -3.97. The van der Waals surface area contributed by atoms with Crippen LogP contribution in [0.25, 0.3) is 0 Å². The van der Waals surface area contributed by atoms with E-state index in [1.807, 2.05) is 0 Å². The van der Waals surface area contributed by atoms with Crippen LogP contribution in [0.5, 0.6) is 5.75 Å². The Morgan fingerprint density at radius 1 is 1.00 bits per heavy atom. The number of hydrogen-bond donors (Lipinski definition) is 2. The Hall–Kier alpha value is -3.07. The van der Waals surface area contributed by atoms with Crippen LogP contribution in [0.4, 0.5) is 5.69 Å². The second-order valence-corrected chi connectivity index (χ2v) is 8.09. The van der Waals surface area contributed by atoms with Gasteiger partial charge in [-0.05, 0) is 44.2 Å². The molecule has 9 heteroatoms. The molecule has 0 fully saturated rings. The standard InChI is InChI=1S/C19H22N2O6S/c1-19(2,18(23)27-4)20-17(22)13-8-7-9-14(12-13)28(24,25)21-15-10-5-6-11-16(15)26-3/h5-12,21H,1-4H3,(H,20,22). The molecule has 0 aromatic heterocycles. The number of para-hydroxylation sites is 2. The van der Waals surface area contributed by atoms with Crippen molar-refractivity contribution in [1.82, 2.24) is 5.32 Å². The fourth-order valence-electron chi connectivity index (χ4n) is 2.40. The summed E-state index contributed by atoms with van der Waals surface area (Å²) in [6, 6.07) is 12.0. The van der Waals surface area contributed by atoms with Crippen molar-refractivity contribution in [3.8, 4) is 5.75 Å². The lowest BCUT2D eigenvalue weighted by Gasteiger charge is -2.23. The Balaban J connectivity index is 2.29. The van der Waals surface area contributed by atoms with E-state index in [4.69, 9.17) is 4.74 Å². The molecule has 28 heavy (non-hydrogen) atoms. The number of amides is 1. The van der Waals surface area contributed by atoms with Crippen LogP contribution < -0.4 is 14.8 Å². The summed E-state index contributed by atoms with van der Waals surface area (Å²) in [5.41, 5.74) is -0.914. The van der Waals surface area contributed by atoms with Gasteiger partial charge in [0.25, 0.3) is 15.9 Å². The van der Waals surface area contributed by atoms with Crippen molar-refractivity contribution in [2.45, 2.75) is 24.3 Å². The fraction of sp³-hybridized carbons (Fsp3) is 0.263. The largest absolute Gasteiger partial charge is 0.495 e. The molecule has 150 valence electrons.